The summed E-state index contributed by atoms with van der Waals surface area (Å²) in [6.07, 6.45) is 2.52. The SMILES string of the molecule is Cn1ncc(CNC(=O)NC(CCC(=O)O)Cc2ccccc2)n1. The number of carbonyl (C=O) groups excluding carboxylic acids is 1. The molecule has 1 aromatic heterocycles. The van der Waals surface area contributed by atoms with Gasteiger partial charge in [-0.05, 0) is 18.4 Å². The number of nitrogens with one attached hydrogen (secondary N) is 2. The van der Waals surface area contributed by atoms with E-state index in [-0.39, 0.29) is 25.0 Å². The van der Waals surface area contributed by atoms with Crippen LogP contribution in [0.3, 0.4) is 0 Å². The number of amides is 2. The summed E-state index contributed by atoms with van der Waals surface area (Å²) in [5, 5.41) is 22.4. The first-order valence-corrected chi connectivity index (χ1v) is 7.68. The lowest BCUT2D eigenvalue weighted by atomic mass is 10.0. The third-order valence-corrected chi connectivity index (χ3v) is 3.44. The van der Waals surface area contributed by atoms with Crippen LogP contribution in [0.15, 0.2) is 36.5 Å². The number of urea groups is 1. The summed E-state index contributed by atoms with van der Waals surface area (Å²) in [6, 6.07) is 9.03. The van der Waals surface area contributed by atoms with E-state index in [1.807, 2.05) is 30.3 Å². The van der Waals surface area contributed by atoms with Crippen molar-refractivity contribution in [3.8, 4) is 0 Å². The zero-order valence-electron chi connectivity index (χ0n) is 13.5. The van der Waals surface area contributed by atoms with Gasteiger partial charge in [-0.1, -0.05) is 30.3 Å². The number of rotatable bonds is 8. The molecule has 2 rings (SSSR count). The van der Waals surface area contributed by atoms with E-state index in [1.54, 1.807) is 13.2 Å². The van der Waals surface area contributed by atoms with Gasteiger partial charge < -0.3 is 15.7 Å². The number of nitrogens with zero attached hydrogens (tertiary/aromatic N) is 3. The molecule has 8 heteroatoms. The van der Waals surface area contributed by atoms with E-state index in [9.17, 15) is 9.59 Å². The van der Waals surface area contributed by atoms with Crippen molar-refractivity contribution < 1.29 is 14.7 Å². The van der Waals surface area contributed by atoms with Gasteiger partial charge in [0, 0.05) is 19.5 Å². The number of hydrogen-bond acceptors (Lipinski definition) is 4. The minimum Gasteiger partial charge on any atom is -0.481 e. The first kappa shape index (κ1) is 17.5. The molecule has 1 unspecified atom stereocenters. The van der Waals surface area contributed by atoms with Gasteiger partial charge in [0.1, 0.15) is 5.69 Å². The molecule has 2 aromatic rings. The summed E-state index contributed by atoms with van der Waals surface area (Å²) in [5.41, 5.74) is 1.69. The molecule has 8 nitrogen and oxygen atoms in total. The fourth-order valence-corrected chi connectivity index (χ4v) is 2.30. The minimum atomic E-state index is -0.880. The maximum absolute atomic E-state index is 12.0. The molecule has 0 fully saturated rings. The highest BCUT2D eigenvalue weighted by Gasteiger charge is 2.15. The average molecular weight is 331 g/mol. The summed E-state index contributed by atoms with van der Waals surface area (Å²) < 4.78 is 0. The Hall–Kier alpha value is -2.90. The van der Waals surface area contributed by atoms with Crippen molar-refractivity contribution in [3.05, 3.63) is 47.8 Å². The van der Waals surface area contributed by atoms with Crippen molar-refractivity contribution in [2.24, 2.45) is 7.05 Å². The van der Waals surface area contributed by atoms with Crippen LogP contribution in [0.1, 0.15) is 24.1 Å². The number of carbonyl (C=O) groups is 2. The van der Waals surface area contributed by atoms with E-state index in [2.05, 4.69) is 20.8 Å². The van der Waals surface area contributed by atoms with Gasteiger partial charge in [0.2, 0.25) is 0 Å². The van der Waals surface area contributed by atoms with Gasteiger partial charge in [-0.3, -0.25) is 4.79 Å². The first-order chi connectivity index (χ1) is 11.5. The average Bonchev–Trinajstić information content (AvgIpc) is 2.97. The largest absolute Gasteiger partial charge is 0.481 e. The Kier molecular flexibility index (Phi) is 6.30. The van der Waals surface area contributed by atoms with Crippen LogP contribution < -0.4 is 10.6 Å². The van der Waals surface area contributed by atoms with Gasteiger partial charge in [-0.2, -0.15) is 15.0 Å². The van der Waals surface area contributed by atoms with Gasteiger partial charge in [-0.25, -0.2) is 4.79 Å². The maximum Gasteiger partial charge on any atom is 0.315 e. The summed E-state index contributed by atoms with van der Waals surface area (Å²) in [4.78, 5) is 24.3. The Morgan fingerprint density at radius 1 is 1.29 bits per heavy atom. The molecule has 128 valence electrons. The third kappa shape index (κ3) is 6.07. The number of aliphatic carboxylic acids is 1. The molecule has 0 aliphatic carbocycles. The van der Waals surface area contributed by atoms with Crippen molar-refractivity contribution in [2.75, 3.05) is 0 Å². The van der Waals surface area contributed by atoms with Crippen molar-refractivity contribution in [1.82, 2.24) is 25.6 Å². The molecule has 0 saturated heterocycles. The highest BCUT2D eigenvalue weighted by atomic mass is 16.4. The predicted molar refractivity (Wildman–Crippen MR) is 87.2 cm³/mol. The second-order valence-electron chi connectivity index (χ2n) is 5.47. The fraction of sp³-hybridized carbons (Fsp3) is 0.375. The van der Waals surface area contributed by atoms with Crippen LogP contribution >= 0.6 is 0 Å². The molecule has 0 aliphatic rings. The smallest absolute Gasteiger partial charge is 0.315 e. The van der Waals surface area contributed by atoms with E-state index in [1.165, 1.54) is 4.80 Å². The number of hydrogen-bond donors (Lipinski definition) is 3. The van der Waals surface area contributed by atoms with Crippen LogP contribution in [-0.4, -0.2) is 38.1 Å². The summed E-state index contributed by atoms with van der Waals surface area (Å²) in [6.45, 7) is 0.261. The molecule has 1 heterocycles. The lowest BCUT2D eigenvalue weighted by Crippen LogP contribution is -2.43. The summed E-state index contributed by atoms with van der Waals surface area (Å²) in [5.74, 6) is -0.880. The lowest BCUT2D eigenvalue weighted by Gasteiger charge is -2.18. The molecule has 3 N–H and O–H groups in total. The fourth-order valence-electron chi connectivity index (χ4n) is 2.30. The van der Waals surface area contributed by atoms with Crippen LogP contribution in [-0.2, 0) is 24.8 Å². The molecule has 1 aromatic carbocycles. The number of aromatic nitrogens is 3. The Labute approximate surface area is 139 Å². The highest BCUT2D eigenvalue weighted by Crippen LogP contribution is 2.08. The monoisotopic (exact) mass is 331 g/mol. The number of benzene rings is 1. The van der Waals surface area contributed by atoms with Crippen LogP contribution in [0.4, 0.5) is 4.79 Å². The molecular weight excluding hydrogens is 310 g/mol. The Balaban J connectivity index is 1.88. The van der Waals surface area contributed by atoms with Crippen LogP contribution in [0.25, 0.3) is 0 Å². The zero-order chi connectivity index (χ0) is 17.4. The maximum atomic E-state index is 12.0. The molecule has 0 spiro atoms. The second-order valence-corrected chi connectivity index (χ2v) is 5.47. The molecule has 0 aliphatic heterocycles. The van der Waals surface area contributed by atoms with E-state index >= 15 is 0 Å². The van der Waals surface area contributed by atoms with E-state index in [0.29, 0.717) is 18.5 Å². The first-order valence-electron chi connectivity index (χ1n) is 7.68. The van der Waals surface area contributed by atoms with Crippen LogP contribution in [0, 0.1) is 0 Å². The van der Waals surface area contributed by atoms with Gasteiger partial charge >= 0.3 is 12.0 Å². The Morgan fingerprint density at radius 3 is 2.67 bits per heavy atom. The zero-order valence-corrected chi connectivity index (χ0v) is 13.5. The topological polar surface area (TPSA) is 109 Å². The lowest BCUT2D eigenvalue weighted by molar-refractivity contribution is -0.137. The van der Waals surface area contributed by atoms with Gasteiger partial charge in [0.15, 0.2) is 0 Å². The molecule has 24 heavy (non-hydrogen) atoms. The number of carboxylic acid groups (broad SMARTS) is 1. The molecular formula is C16H21N5O3. The standard InChI is InChI=1S/C16H21N5O3/c1-21-18-11-14(20-21)10-17-16(24)19-13(7-8-15(22)23)9-12-5-3-2-4-6-12/h2-6,11,13H,7-10H2,1H3,(H,22,23)(H2,17,19,24). The summed E-state index contributed by atoms with van der Waals surface area (Å²) >= 11 is 0. The van der Waals surface area contributed by atoms with Crippen LogP contribution in [0.5, 0.6) is 0 Å². The molecule has 2 amide bonds. The molecule has 0 bridgehead atoms. The van der Waals surface area contributed by atoms with Gasteiger partial charge in [-0.15, -0.1) is 0 Å². The quantitative estimate of drug-likeness (QED) is 0.671. The van der Waals surface area contributed by atoms with Gasteiger partial charge in [0.25, 0.3) is 0 Å². The molecule has 0 saturated carbocycles. The Morgan fingerprint density at radius 2 is 2.04 bits per heavy atom. The third-order valence-electron chi connectivity index (χ3n) is 3.44. The number of carboxylic acids is 1. The van der Waals surface area contributed by atoms with Crippen molar-refractivity contribution in [1.29, 1.82) is 0 Å². The summed E-state index contributed by atoms with van der Waals surface area (Å²) in [7, 11) is 1.70. The van der Waals surface area contributed by atoms with Crippen LogP contribution in [0.2, 0.25) is 0 Å². The molecule has 0 radical (unpaired) electrons. The normalized spacial score (nSPS) is 11.7. The minimum absolute atomic E-state index is 0.00193. The van der Waals surface area contributed by atoms with Crippen molar-refractivity contribution in [3.63, 3.8) is 0 Å². The highest BCUT2D eigenvalue weighted by molar-refractivity contribution is 5.74. The van der Waals surface area contributed by atoms with E-state index in [0.717, 1.165) is 5.56 Å². The number of aryl methyl sites for hydroxylation is 1. The predicted octanol–water partition coefficient (Wildman–Crippen LogP) is 1.09. The van der Waals surface area contributed by atoms with E-state index < -0.39 is 5.97 Å². The molecule has 1 atom stereocenters. The van der Waals surface area contributed by atoms with Gasteiger partial charge in [0.05, 0.1) is 12.7 Å². The van der Waals surface area contributed by atoms with Crippen molar-refractivity contribution >= 4 is 12.0 Å². The Bertz CT molecular complexity index is 671. The van der Waals surface area contributed by atoms with E-state index in [4.69, 9.17) is 5.11 Å². The van der Waals surface area contributed by atoms with Crippen molar-refractivity contribution in [2.45, 2.75) is 31.8 Å². The second kappa shape index (κ2) is 8.66.